The zero-order chi connectivity index (χ0) is 17.1. The van der Waals surface area contributed by atoms with E-state index in [0.717, 1.165) is 5.56 Å². The van der Waals surface area contributed by atoms with Crippen LogP contribution in [-0.4, -0.2) is 37.4 Å². The molecule has 0 atom stereocenters. The Hall–Kier alpha value is -1.76. The number of hydrogen-bond acceptors (Lipinski definition) is 3. The van der Waals surface area contributed by atoms with Crippen molar-refractivity contribution in [3.8, 4) is 5.75 Å². The van der Waals surface area contributed by atoms with E-state index >= 15 is 0 Å². The summed E-state index contributed by atoms with van der Waals surface area (Å²) in [6.45, 7) is 3.40. The SMILES string of the molecule is CN(Cc1ccc(OC(F)(F)F)cc1)C(=O)C1(C)CCOCC1. The van der Waals surface area contributed by atoms with Crippen molar-refractivity contribution in [3.63, 3.8) is 0 Å². The molecular weight excluding hydrogens is 311 g/mol. The van der Waals surface area contributed by atoms with Gasteiger partial charge in [0.2, 0.25) is 5.91 Å². The number of rotatable bonds is 4. The lowest BCUT2D eigenvalue weighted by atomic mass is 9.81. The fourth-order valence-corrected chi connectivity index (χ4v) is 2.64. The molecule has 0 N–H and O–H groups in total. The first-order valence-electron chi connectivity index (χ1n) is 7.38. The first-order chi connectivity index (χ1) is 10.7. The van der Waals surface area contributed by atoms with Crippen LogP contribution in [-0.2, 0) is 16.1 Å². The van der Waals surface area contributed by atoms with E-state index in [1.54, 1.807) is 11.9 Å². The molecule has 0 aliphatic carbocycles. The van der Waals surface area contributed by atoms with Crippen LogP contribution in [0.4, 0.5) is 13.2 Å². The third-order valence-corrected chi connectivity index (χ3v) is 4.04. The summed E-state index contributed by atoms with van der Waals surface area (Å²) < 4.78 is 45.5. The van der Waals surface area contributed by atoms with Gasteiger partial charge < -0.3 is 14.4 Å². The Balaban J connectivity index is 1.97. The van der Waals surface area contributed by atoms with Gasteiger partial charge in [0.05, 0.1) is 5.41 Å². The third kappa shape index (κ3) is 4.86. The number of halogens is 3. The molecule has 1 fully saturated rings. The van der Waals surface area contributed by atoms with Crippen LogP contribution in [0.1, 0.15) is 25.3 Å². The van der Waals surface area contributed by atoms with Gasteiger partial charge in [0, 0.05) is 26.8 Å². The average Bonchev–Trinajstić information content (AvgIpc) is 2.47. The quantitative estimate of drug-likeness (QED) is 0.849. The second kappa shape index (κ2) is 6.78. The van der Waals surface area contributed by atoms with E-state index in [2.05, 4.69) is 4.74 Å². The highest BCUT2D eigenvalue weighted by atomic mass is 19.4. The maximum Gasteiger partial charge on any atom is 0.573 e. The first kappa shape index (κ1) is 17.6. The van der Waals surface area contributed by atoms with Crippen molar-refractivity contribution in [2.75, 3.05) is 20.3 Å². The molecule has 1 aromatic rings. The lowest BCUT2D eigenvalue weighted by Crippen LogP contribution is -2.43. The third-order valence-electron chi connectivity index (χ3n) is 4.04. The molecule has 0 radical (unpaired) electrons. The van der Waals surface area contributed by atoms with Crippen molar-refractivity contribution >= 4 is 5.91 Å². The molecule has 0 spiro atoms. The second-order valence-electron chi connectivity index (χ2n) is 6.03. The van der Waals surface area contributed by atoms with Crippen LogP contribution in [0.15, 0.2) is 24.3 Å². The van der Waals surface area contributed by atoms with Gasteiger partial charge in [-0.1, -0.05) is 19.1 Å². The standard InChI is InChI=1S/C16H20F3NO3/c1-15(7-9-22-10-8-15)14(21)20(2)11-12-3-5-13(6-4-12)23-16(17,18)19/h3-6H,7-11H2,1-2H3. The Bertz CT molecular complexity index is 536. The Morgan fingerprint density at radius 1 is 1.26 bits per heavy atom. The molecule has 0 aromatic heterocycles. The van der Waals surface area contributed by atoms with Crippen molar-refractivity contribution in [2.24, 2.45) is 5.41 Å². The van der Waals surface area contributed by atoms with Crippen molar-refractivity contribution < 1.29 is 27.4 Å². The minimum atomic E-state index is -4.70. The maximum atomic E-state index is 12.6. The van der Waals surface area contributed by atoms with Gasteiger partial charge >= 0.3 is 6.36 Å². The molecule has 7 heteroatoms. The Morgan fingerprint density at radius 2 is 1.83 bits per heavy atom. The number of carbonyl (C=O) groups excluding carboxylic acids is 1. The summed E-state index contributed by atoms with van der Waals surface area (Å²) in [5.74, 6) is -0.247. The van der Waals surface area contributed by atoms with Crippen molar-refractivity contribution in [1.82, 2.24) is 4.90 Å². The lowest BCUT2D eigenvalue weighted by molar-refractivity contribution is -0.274. The number of hydrogen-bond donors (Lipinski definition) is 0. The number of benzene rings is 1. The summed E-state index contributed by atoms with van der Waals surface area (Å²) in [5.41, 5.74) is 0.304. The van der Waals surface area contributed by atoms with Gasteiger partial charge in [-0.3, -0.25) is 4.79 Å². The summed E-state index contributed by atoms with van der Waals surface area (Å²) in [5, 5.41) is 0. The number of alkyl halides is 3. The van der Waals surface area contributed by atoms with E-state index < -0.39 is 11.8 Å². The fourth-order valence-electron chi connectivity index (χ4n) is 2.64. The monoisotopic (exact) mass is 331 g/mol. The van der Waals surface area contributed by atoms with Crippen LogP contribution in [0, 0.1) is 5.41 Å². The van der Waals surface area contributed by atoms with Crippen LogP contribution in [0.25, 0.3) is 0 Å². The molecule has 0 saturated carbocycles. The van der Waals surface area contributed by atoms with E-state index in [9.17, 15) is 18.0 Å². The van der Waals surface area contributed by atoms with Gasteiger partial charge in [-0.15, -0.1) is 13.2 Å². The van der Waals surface area contributed by atoms with Crippen molar-refractivity contribution in [3.05, 3.63) is 29.8 Å². The van der Waals surface area contributed by atoms with Gasteiger partial charge in [0.1, 0.15) is 5.75 Å². The van der Waals surface area contributed by atoms with Gasteiger partial charge in [-0.05, 0) is 30.5 Å². The molecule has 1 aromatic carbocycles. The Labute approximate surface area is 133 Å². The van der Waals surface area contributed by atoms with Crippen LogP contribution in [0.5, 0.6) is 5.75 Å². The van der Waals surface area contributed by atoms with Crippen LogP contribution >= 0.6 is 0 Å². The molecule has 0 bridgehead atoms. The molecule has 1 saturated heterocycles. The molecule has 1 aliphatic heterocycles. The van der Waals surface area contributed by atoms with E-state index in [0.29, 0.717) is 32.6 Å². The highest BCUT2D eigenvalue weighted by Crippen LogP contribution is 2.32. The molecule has 0 unspecified atom stereocenters. The Morgan fingerprint density at radius 3 is 2.35 bits per heavy atom. The van der Waals surface area contributed by atoms with E-state index in [4.69, 9.17) is 4.74 Å². The molecule has 1 aliphatic rings. The summed E-state index contributed by atoms with van der Waals surface area (Å²) >= 11 is 0. The zero-order valence-electron chi connectivity index (χ0n) is 13.2. The summed E-state index contributed by atoms with van der Waals surface area (Å²) in [4.78, 5) is 14.2. The number of ether oxygens (including phenoxy) is 2. The maximum absolute atomic E-state index is 12.6. The molecule has 1 heterocycles. The average molecular weight is 331 g/mol. The molecular formula is C16H20F3NO3. The lowest BCUT2D eigenvalue weighted by Gasteiger charge is -2.35. The second-order valence-corrected chi connectivity index (χ2v) is 6.03. The highest BCUT2D eigenvalue weighted by Gasteiger charge is 2.37. The highest BCUT2D eigenvalue weighted by molar-refractivity contribution is 5.82. The van der Waals surface area contributed by atoms with E-state index in [1.165, 1.54) is 24.3 Å². The normalized spacial score (nSPS) is 17.6. The van der Waals surface area contributed by atoms with Gasteiger partial charge in [0.25, 0.3) is 0 Å². The number of amides is 1. The van der Waals surface area contributed by atoms with Gasteiger partial charge in [-0.25, -0.2) is 0 Å². The summed E-state index contributed by atoms with van der Waals surface area (Å²) in [6.07, 6.45) is -3.35. The number of nitrogens with zero attached hydrogens (tertiary/aromatic N) is 1. The van der Waals surface area contributed by atoms with Crippen LogP contribution in [0.3, 0.4) is 0 Å². The molecule has 1 amide bonds. The minimum absolute atomic E-state index is 0.0245. The largest absolute Gasteiger partial charge is 0.573 e. The van der Waals surface area contributed by atoms with Crippen LogP contribution < -0.4 is 4.74 Å². The zero-order valence-corrected chi connectivity index (χ0v) is 13.2. The predicted molar refractivity (Wildman–Crippen MR) is 77.8 cm³/mol. The molecule has 23 heavy (non-hydrogen) atoms. The van der Waals surface area contributed by atoms with Crippen molar-refractivity contribution in [2.45, 2.75) is 32.7 Å². The Kier molecular flexibility index (Phi) is 5.19. The smallest absolute Gasteiger partial charge is 0.406 e. The minimum Gasteiger partial charge on any atom is -0.406 e. The van der Waals surface area contributed by atoms with Crippen LogP contribution in [0.2, 0.25) is 0 Å². The van der Waals surface area contributed by atoms with Gasteiger partial charge in [0.15, 0.2) is 0 Å². The topological polar surface area (TPSA) is 38.8 Å². The van der Waals surface area contributed by atoms with E-state index in [1.807, 2.05) is 6.92 Å². The van der Waals surface area contributed by atoms with Crippen molar-refractivity contribution in [1.29, 1.82) is 0 Å². The first-order valence-corrected chi connectivity index (χ1v) is 7.38. The molecule has 2 rings (SSSR count). The summed E-state index contributed by atoms with van der Waals surface area (Å²) in [6, 6.07) is 5.54. The number of carbonyl (C=O) groups is 1. The van der Waals surface area contributed by atoms with Gasteiger partial charge in [-0.2, -0.15) is 0 Å². The summed E-state index contributed by atoms with van der Waals surface area (Å²) in [7, 11) is 1.70. The molecule has 4 nitrogen and oxygen atoms in total. The fraction of sp³-hybridized carbons (Fsp3) is 0.562. The molecule has 128 valence electrons. The predicted octanol–water partition coefficient (Wildman–Crippen LogP) is 3.36. The van der Waals surface area contributed by atoms with E-state index in [-0.39, 0.29) is 11.7 Å².